The average Bonchev–Trinajstić information content (AvgIpc) is 3.47. The number of hydrogen-bond acceptors (Lipinski definition) is 5. The van der Waals surface area contributed by atoms with Gasteiger partial charge in [-0.05, 0) is 40.7 Å². The molecule has 35 heavy (non-hydrogen) atoms. The Balaban J connectivity index is 1.46. The van der Waals surface area contributed by atoms with Crippen molar-refractivity contribution in [1.82, 2.24) is 14.6 Å². The summed E-state index contributed by atoms with van der Waals surface area (Å²) in [4.78, 5) is 37.3. The number of aromatic nitrogens is 1. The number of carboxylic acid groups (broad SMARTS) is 1. The summed E-state index contributed by atoms with van der Waals surface area (Å²) in [5.74, 6) is -3.96. The lowest BCUT2D eigenvalue weighted by Crippen LogP contribution is -2.42. The summed E-state index contributed by atoms with van der Waals surface area (Å²) in [6.07, 6.45) is 0.687. The molecule has 2 amide bonds. The summed E-state index contributed by atoms with van der Waals surface area (Å²) >= 11 is 0.921. The Bertz CT molecular complexity index is 1210. The fourth-order valence-electron chi connectivity index (χ4n) is 4.32. The van der Waals surface area contributed by atoms with Gasteiger partial charge in [0, 0.05) is 26.3 Å². The lowest BCUT2D eigenvalue weighted by molar-refractivity contribution is -0.142. The van der Waals surface area contributed by atoms with Gasteiger partial charge in [0.1, 0.15) is 6.04 Å². The van der Waals surface area contributed by atoms with Crippen molar-refractivity contribution in [3.05, 3.63) is 76.8 Å². The van der Waals surface area contributed by atoms with Crippen molar-refractivity contribution < 1.29 is 23.9 Å². The molecule has 1 saturated heterocycles. The Labute approximate surface area is 206 Å². The van der Waals surface area contributed by atoms with Crippen molar-refractivity contribution in [3.63, 3.8) is 0 Å². The Morgan fingerprint density at radius 2 is 1.83 bits per heavy atom. The Hall–Kier alpha value is -3.59. The number of likely N-dealkylation sites (tertiary alicyclic amines) is 1. The molecule has 3 aromatic rings. The van der Waals surface area contributed by atoms with E-state index in [1.165, 1.54) is 17.9 Å². The van der Waals surface area contributed by atoms with E-state index in [4.69, 9.17) is 0 Å². The normalized spacial score (nSPS) is 18.3. The van der Waals surface area contributed by atoms with Crippen LogP contribution in [0, 0.1) is 0 Å². The average molecular weight is 496 g/mol. The van der Waals surface area contributed by atoms with E-state index in [0.717, 1.165) is 28.2 Å². The van der Waals surface area contributed by atoms with E-state index >= 15 is 4.39 Å². The van der Waals surface area contributed by atoms with Gasteiger partial charge < -0.3 is 15.3 Å². The summed E-state index contributed by atoms with van der Waals surface area (Å²) in [7, 11) is 0. The highest BCUT2D eigenvalue weighted by atomic mass is 32.1. The smallest absolute Gasteiger partial charge is 0.326 e. The Kier molecular flexibility index (Phi) is 7.25. The summed E-state index contributed by atoms with van der Waals surface area (Å²) in [6.45, 7) is 1.53. The molecule has 1 aliphatic rings. The quantitative estimate of drug-likeness (QED) is 0.462. The van der Waals surface area contributed by atoms with Crippen LogP contribution in [0.25, 0.3) is 11.1 Å². The molecule has 2 heterocycles. The highest BCUT2D eigenvalue weighted by molar-refractivity contribution is 7.06. The third-order valence-corrected chi connectivity index (χ3v) is 7.01. The summed E-state index contributed by atoms with van der Waals surface area (Å²) in [5, 5.41) is 11.7. The van der Waals surface area contributed by atoms with Gasteiger partial charge in [-0.3, -0.25) is 9.59 Å². The van der Waals surface area contributed by atoms with E-state index < -0.39 is 23.7 Å². The number of carboxylic acids is 1. The van der Waals surface area contributed by atoms with E-state index in [0.29, 0.717) is 18.7 Å². The first-order chi connectivity index (χ1) is 16.8. The van der Waals surface area contributed by atoms with Gasteiger partial charge in [-0.2, -0.15) is 4.37 Å². The van der Waals surface area contributed by atoms with Crippen LogP contribution in [0.1, 0.15) is 35.9 Å². The van der Waals surface area contributed by atoms with Gasteiger partial charge >= 0.3 is 5.97 Å². The van der Waals surface area contributed by atoms with Crippen LogP contribution in [-0.4, -0.2) is 44.8 Å². The number of nitrogens with zero attached hydrogens (tertiary/aromatic N) is 2. The van der Waals surface area contributed by atoms with Crippen LogP contribution in [0.3, 0.4) is 0 Å². The molecule has 1 fully saturated rings. The highest BCUT2D eigenvalue weighted by Crippen LogP contribution is 2.42. The van der Waals surface area contributed by atoms with Gasteiger partial charge in [-0.15, -0.1) is 0 Å². The molecule has 1 aliphatic heterocycles. The number of alkyl halides is 1. The van der Waals surface area contributed by atoms with Crippen molar-refractivity contribution >= 4 is 29.3 Å². The number of nitrogens with one attached hydrogen (secondary N) is 1. The minimum Gasteiger partial charge on any atom is -0.480 e. The summed E-state index contributed by atoms with van der Waals surface area (Å²) in [5.41, 5.74) is 3.28. The SMILES string of the molecule is CC(=O)NC(Cc1cc(C2(F)CCCN2C(=O)Cc2ccc(-c3ccccc3)cc2)sn1)C(=O)O. The van der Waals surface area contributed by atoms with E-state index in [1.54, 1.807) is 0 Å². The minimum atomic E-state index is -1.98. The zero-order valence-corrected chi connectivity index (χ0v) is 20.1. The number of hydrogen-bond donors (Lipinski definition) is 2. The maximum atomic E-state index is 16.2. The first kappa shape index (κ1) is 24.5. The van der Waals surface area contributed by atoms with Crippen LogP contribution < -0.4 is 5.32 Å². The predicted molar refractivity (Wildman–Crippen MR) is 130 cm³/mol. The first-order valence-electron chi connectivity index (χ1n) is 11.4. The molecule has 2 atom stereocenters. The van der Waals surface area contributed by atoms with Crippen molar-refractivity contribution in [2.45, 2.75) is 44.4 Å². The second kappa shape index (κ2) is 10.4. The van der Waals surface area contributed by atoms with E-state index in [1.807, 2.05) is 54.6 Å². The van der Waals surface area contributed by atoms with Crippen LogP contribution in [-0.2, 0) is 33.0 Å². The van der Waals surface area contributed by atoms with Crippen molar-refractivity contribution in [3.8, 4) is 11.1 Å². The number of amides is 2. The van der Waals surface area contributed by atoms with Crippen LogP contribution in [0.15, 0.2) is 60.7 Å². The number of halogens is 1. The molecule has 0 aliphatic carbocycles. The fraction of sp³-hybridized carbons (Fsp3) is 0.308. The second-order valence-corrected chi connectivity index (χ2v) is 9.43. The minimum absolute atomic E-state index is 0.0663. The van der Waals surface area contributed by atoms with Crippen LogP contribution in [0.5, 0.6) is 0 Å². The third kappa shape index (κ3) is 5.57. The van der Waals surface area contributed by atoms with Gasteiger partial charge in [-0.25, -0.2) is 9.18 Å². The Morgan fingerprint density at radius 1 is 1.14 bits per heavy atom. The monoisotopic (exact) mass is 495 g/mol. The molecule has 4 rings (SSSR count). The summed E-state index contributed by atoms with van der Waals surface area (Å²) in [6, 6.07) is 17.9. The molecular weight excluding hydrogens is 469 g/mol. The van der Waals surface area contributed by atoms with Gasteiger partial charge in [-0.1, -0.05) is 54.6 Å². The molecule has 2 aromatic carbocycles. The van der Waals surface area contributed by atoms with Gasteiger partial charge in [0.15, 0.2) is 0 Å². The maximum Gasteiger partial charge on any atom is 0.326 e. The number of benzene rings is 2. The number of carbonyl (C=O) groups excluding carboxylic acids is 2. The number of rotatable bonds is 8. The second-order valence-electron chi connectivity index (χ2n) is 8.63. The maximum absolute atomic E-state index is 16.2. The van der Waals surface area contributed by atoms with E-state index in [9.17, 15) is 19.5 Å². The largest absolute Gasteiger partial charge is 0.480 e. The lowest BCUT2D eigenvalue weighted by atomic mass is 10.0. The van der Waals surface area contributed by atoms with Crippen molar-refractivity contribution in [1.29, 1.82) is 0 Å². The zero-order chi connectivity index (χ0) is 25.0. The van der Waals surface area contributed by atoms with E-state index in [-0.39, 0.29) is 30.0 Å². The number of aliphatic carboxylic acids is 1. The highest BCUT2D eigenvalue weighted by Gasteiger charge is 2.47. The molecule has 2 N–H and O–H groups in total. The Morgan fingerprint density at radius 3 is 2.49 bits per heavy atom. The molecule has 0 radical (unpaired) electrons. The standard InChI is InChI=1S/C26H26FN3O4S/c1-17(31)28-22(25(33)34)15-21-16-23(35-29-21)26(27)12-5-13-30(26)24(32)14-18-8-10-20(11-9-18)19-6-3-2-4-7-19/h2-4,6-11,16,22H,5,12-15H2,1H3,(H,28,31)(H,33,34). The van der Waals surface area contributed by atoms with Crippen LogP contribution in [0.2, 0.25) is 0 Å². The van der Waals surface area contributed by atoms with Crippen molar-refractivity contribution in [2.75, 3.05) is 6.54 Å². The first-order valence-corrected chi connectivity index (χ1v) is 12.1. The zero-order valence-electron chi connectivity index (χ0n) is 19.2. The van der Waals surface area contributed by atoms with Crippen LogP contribution >= 0.6 is 11.5 Å². The van der Waals surface area contributed by atoms with Gasteiger partial charge in [0.25, 0.3) is 0 Å². The van der Waals surface area contributed by atoms with Crippen LogP contribution in [0.4, 0.5) is 4.39 Å². The molecule has 1 aromatic heterocycles. The molecule has 0 spiro atoms. The molecule has 0 bridgehead atoms. The van der Waals surface area contributed by atoms with E-state index in [2.05, 4.69) is 9.69 Å². The molecule has 2 unspecified atom stereocenters. The molecular formula is C26H26FN3O4S. The fourth-order valence-corrected chi connectivity index (χ4v) is 5.20. The summed E-state index contributed by atoms with van der Waals surface area (Å²) < 4.78 is 20.4. The molecule has 0 saturated carbocycles. The predicted octanol–water partition coefficient (Wildman–Crippen LogP) is 3.93. The third-order valence-electron chi connectivity index (χ3n) is 6.06. The molecule has 9 heteroatoms. The molecule has 182 valence electrons. The molecule has 7 nitrogen and oxygen atoms in total. The lowest BCUT2D eigenvalue weighted by Gasteiger charge is -2.30. The van der Waals surface area contributed by atoms with Gasteiger partial charge in [0.05, 0.1) is 17.0 Å². The number of carbonyl (C=O) groups is 3. The van der Waals surface area contributed by atoms with Gasteiger partial charge in [0.2, 0.25) is 17.6 Å². The van der Waals surface area contributed by atoms with Crippen molar-refractivity contribution in [2.24, 2.45) is 0 Å². The topological polar surface area (TPSA) is 99.6 Å².